The molecule has 1 saturated heterocycles. The van der Waals surface area contributed by atoms with E-state index in [2.05, 4.69) is 5.32 Å². The lowest BCUT2D eigenvalue weighted by Crippen LogP contribution is -2.55. The highest BCUT2D eigenvalue weighted by Crippen LogP contribution is 2.45. The summed E-state index contributed by atoms with van der Waals surface area (Å²) < 4.78 is 5.46. The van der Waals surface area contributed by atoms with Gasteiger partial charge in [0, 0.05) is 23.1 Å². The van der Waals surface area contributed by atoms with E-state index in [9.17, 15) is 9.59 Å². The third-order valence-electron chi connectivity index (χ3n) is 3.29. The van der Waals surface area contributed by atoms with Crippen LogP contribution in [0.2, 0.25) is 5.02 Å². The number of halogens is 1. The van der Waals surface area contributed by atoms with Crippen LogP contribution in [0.5, 0.6) is 5.75 Å². The first-order valence-electron chi connectivity index (χ1n) is 5.51. The molecule has 0 aliphatic carbocycles. The number of rotatable bonds is 0. The van der Waals surface area contributed by atoms with Crippen LogP contribution >= 0.6 is 23.6 Å². The van der Waals surface area contributed by atoms with E-state index in [1.54, 1.807) is 18.2 Å². The lowest BCUT2D eigenvalue weighted by atomic mass is 9.74. The molecule has 0 radical (unpaired) electrons. The van der Waals surface area contributed by atoms with Crippen LogP contribution in [0.25, 0.3) is 0 Å². The van der Waals surface area contributed by atoms with Gasteiger partial charge in [-0.15, -0.1) is 0 Å². The molecule has 1 aromatic carbocycles. The first-order chi connectivity index (χ1) is 8.62. The second kappa shape index (κ2) is 4.17. The summed E-state index contributed by atoms with van der Waals surface area (Å²) in [6.07, 6.45) is 0.226. The number of ketones is 1. The smallest absolute Gasteiger partial charge is 0.232 e. The monoisotopic (exact) mass is 283 g/mol. The summed E-state index contributed by atoms with van der Waals surface area (Å²) in [4.78, 5) is 23.9. The highest BCUT2D eigenvalue weighted by Gasteiger charge is 2.49. The molecule has 0 aromatic heterocycles. The van der Waals surface area contributed by atoms with E-state index in [-0.39, 0.29) is 24.7 Å². The Morgan fingerprint density at radius 3 is 3.06 bits per heavy atom. The van der Waals surface area contributed by atoms with Gasteiger partial charge < -0.3 is 9.50 Å². The van der Waals surface area contributed by atoms with Crippen molar-refractivity contribution in [2.75, 3.05) is 12.3 Å². The Morgan fingerprint density at radius 1 is 1.39 bits per heavy atom. The van der Waals surface area contributed by atoms with Gasteiger partial charge in [-0.2, -0.15) is 0 Å². The van der Waals surface area contributed by atoms with Crippen molar-refractivity contribution in [3.05, 3.63) is 28.8 Å². The first-order valence-corrected chi connectivity index (χ1v) is 6.80. The molecule has 18 heavy (non-hydrogen) atoms. The van der Waals surface area contributed by atoms with Crippen LogP contribution in [-0.2, 0) is 15.0 Å². The van der Waals surface area contributed by atoms with Crippen molar-refractivity contribution < 1.29 is 13.8 Å². The Labute approximate surface area is 113 Å². The number of hydrogen-bond acceptors (Lipinski definition) is 4. The summed E-state index contributed by atoms with van der Waals surface area (Å²) in [5.74, 6) is 0.947. The summed E-state index contributed by atoms with van der Waals surface area (Å²) in [6, 6.07) is 5.17. The van der Waals surface area contributed by atoms with Crippen LogP contribution in [0.15, 0.2) is 18.2 Å². The Morgan fingerprint density at radius 2 is 2.22 bits per heavy atom. The molecule has 1 atom stereocenters. The maximum atomic E-state index is 12.2. The third-order valence-corrected chi connectivity index (χ3v) is 4.44. The summed E-state index contributed by atoms with van der Waals surface area (Å²) >= 11 is 7.10. The molecule has 1 amide bonds. The quantitative estimate of drug-likeness (QED) is 0.737. The van der Waals surface area contributed by atoms with Crippen molar-refractivity contribution in [3.8, 4) is 5.75 Å². The minimum Gasteiger partial charge on any atom is -0.425 e. The van der Waals surface area contributed by atoms with E-state index < -0.39 is 5.41 Å². The average molecular weight is 284 g/mol. The first kappa shape index (κ1) is 11.9. The Bertz CT molecular complexity index is 548. The van der Waals surface area contributed by atoms with Crippen molar-refractivity contribution in [3.63, 3.8) is 0 Å². The SMILES string of the molecule is O=C1CNC(=O)C2(CSOc3cc(Cl)ccc32)C1. The zero-order chi connectivity index (χ0) is 12.8. The third kappa shape index (κ3) is 1.69. The van der Waals surface area contributed by atoms with E-state index in [1.165, 1.54) is 12.0 Å². The second-order valence-electron chi connectivity index (χ2n) is 4.47. The maximum absolute atomic E-state index is 12.2. The van der Waals surface area contributed by atoms with E-state index in [0.717, 1.165) is 5.56 Å². The maximum Gasteiger partial charge on any atom is 0.232 e. The summed E-state index contributed by atoms with van der Waals surface area (Å²) in [7, 11) is 0. The van der Waals surface area contributed by atoms with Gasteiger partial charge in [-0.3, -0.25) is 9.59 Å². The van der Waals surface area contributed by atoms with Crippen molar-refractivity contribution in [2.45, 2.75) is 11.8 Å². The average Bonchev–Trinajstić information content (AvgIpc) is 2.34. The molecule has 2 aliphatic rings. The molecule has 0 saturated carbocycles. The van der Waals surface area contributed by atoms with Crippen molar-refractivity contribution in [1.82, 2.24) is 5.32 Å². The van der Waals surface area contributed by atoms with Gasteiger partial charge in [0.25, 0.3) is 0 Å². The Hall–Kier alpha value is -1.20. The fraction of sp³-hybridized carbons (Fsp3) is 0.333. The van der Waals surface area contributed by atoms with Crippen LogP contribution in [0, 0.1) is 0 Å². The molecular weight excluding hydrogens is 274 g/mol. The van der Waals surface area contributed by atoms with Gasteiger partial charge in [-0.25, -0.2) is 0 Å². The molecular formula is C12H10ClNO3S. The van der Waals surface area contributed by atoms with E-state index in [1.807, 2.05) is 0 Å². The van der Waals surface area contributed by atoms with Gasteiger partial charge in [0.15, 0.2) is 5.78 Å². The molecule has 1 spiro atoms. The number of amides is 1. The van der Waals surface area contributed by atoms with Gasteiger partial charge in [-0.05, 0) is 6.07 Å². The lowest BCUT2D eigenvalue weighted by molar-refractivity contribution is -0.135. The number of hydrogen-bond donors (Lipinski definition) is 1. The van der Waals surface area contributed by atoms with Gasteiger partial charge >= 0.3 is 0 Å². The highest BCUT2D eigenvalue weighted by atomic mass is 35.5. The molecule has 2 heterocycles. The minimum absolute atomic E-state index is 0.0398. The van der Waals surface area contributed by atoms with Gasteiger partial charge in [0.1, 0.15) is 5.75 Å². The van der Waals surface area contributed by atoms with Crippen LogP contribution in [0.3, 0.4) is 0 Å². The molecule has 94 valence electrons. The number of nitrogens with one attached hydrogen (secondary N) is 1. The number of Topliss-reactive ketones (excluding diaryl/α,β-unsaturated/α-hetero) is 1. The Balaban J connectivity index is 2.14. The van der Waals surface area contributed by atoms with Crippen LogP contribution in [-0.4, -0.2) is 24.0 Å². The molecule has 1 fully saturated rings. The molecule has 1 unspecified atom stereocenters. The van der Waals surface area contributed by atoms with Gasteiger partial charge in [0.05, 0.1) is 29.8 Å². The van der Waals surface area contributed by atoms with Crippen LogP contribution in [0.4, 0.5) is 0 Å². The second-order valence-corrected chi connectivity index (χ2v) is 5.59. The van der Waals surface area contributed by atoms with Crippen LogP contribution in [0.1, 0.15) is 12.0 Å². The zero-order valence-corrected chi connectivity index (χ0v) is 10.9. The van der Waals surface area contributed by atoms with E-state index >= 15 is 0 Å². The Kier molecular flexibility index (Phi) is 2.75. The molecule has 4 nitrogen and oxygen atoms in total. The number of benzene rings is 1. The number of piperidine rings is 1. The van der Waals surface area contributed by atoms with Gasteiger partial charge in [-0.1, -0.05) is 17.7 Å². The number of carbonyl (C=O) groups excluding carboxylic acids is 2. The minimum atomic E-state index is -0.807. The van der Waals surface area contributed by atoms with Crippen molar-refractivity contribution >= 4 is 35.3 Å². The number of carbonyl (C=O) groups is 2. The zero-order valence-electron chi connectivity index (χ0n) is 9.36. The summed E-state index contributed by atoms with van der Waals surface area (Å²) in [5, 5.41) is 3.21. The molecule has 3 rings (SSSR count). The van der Waals surface area contributed by atoms with Gasteiger partial charge in [0.2, 0.25) is 5.91 Å². The predicted molar refractivity (Wildman–Crippen MR) is 68.8 cm³/mol. The molecule has 0 bridgehead atoms. The molecule has 1 aromatic rings. The van der Waals surface area contributed by atoms with Crippen molar-refractivity contribution in [1.29, 1.82) is 0 Å². The molecule has 2 aliphatic heterocycles. The molecule has 1 N–H and O–H groups in total. The lowest BCUT2D eigenvalue weighted by Gasteiger charge is -2.38. The summed E-state index contributed by atoms with van der Waals surface area (Å²) in [6.45, 7) is 0.120. The van der Waals surface area contributed by atoms with E-state index in [4.69, 9.17) is 15.8 Å². The largest absolute Gasteiger partial charge is 0.425 e. The van der Waals surface area contributed by atoms with Crippen LogP contribution < -0.4 is 9.50 Å². The standard InChI is InChI=1S/C12H10ClNO3S/c13-7-1-2-9-10(3-7)17-18-6-12(9)4-8(15)5-14-11(12)16/h1-3H,4-6H2,(H,14,16). The fourth-order valence-corrected chi connectivity index (χ4v) is 3.47. The van der Waals surface area contributed by atoms with E-state index in [0.29, 0.717) is 16.5 Å². The fourth-order valence-electron chi connectivity index (χ4n) is 2.39. The molecule has 6 heteroatoms. The van der Waals surface area contributed by atoms with Crippen molar-refractivity contribution in [2.24, 2.45) is 0 Å². The highest BCUT2D eigenvalue weighted by molar-refractivity contribution is 7.95. The predicted octanol–water partition coefficient (Wildman–Crippen LogP) is 1.71. The summed E-state index contributed by atoms with van der Waals surface area (Å²) in [5.41, 5.74) is -0.0609. The normalized spacial score (nSPS) is 26.5. The topological polar surface area (TPSA) is 55.4 Å². The number of fused-ring (bicyclic) bond motifs is 2.